The van der Waals surface area contributed by atoms with E-state index >= 15 is 0 Å². The standard InChI is InChI=1S/C27H36N6O3/c1-15(2)33-22(12-13-28-33)26(35)30-25(19-8-6-16(3)7-9-19)27(36)29-20-10-11-21(23(34)14-20)24-17(4)31-32-18(24)5/h10-16,19,25,34H,6-9H2,1-5H3,(H,29,36)(H,30,35)(H,31,32)/t16?,19?,25-/m0/s1. The summed E-state index contributed by atoms with van der Waals surface area (Å²) in [6, 6.07) is 6.06. The van der Waals surface area contributed by atoms with Crippen LogP contribution >= 0.6 is 0 Å². The lowest BCUT2D eigenvalue weighted by molar-refractivity contribution is -0.119. The minimum absolute atomic E-state index is 0.0209. The number of hydrogen-bond acceptors (Lipinski definition) is 5. The fraction of sp³-hybridized carbons (Fsp3) is 0.481. The van der Waals surface area contributed by atoms with E-state index in [4.69, 9.17) is 0 Å². The summed E-state index contributed by atoms with van der Waals surface area (Å²) in [7, 11) is 0. The molecular formula is C27H36N6O3. The molecule has 192 valence electrons. The maximum atomic E-state index is 13.5. The van der Waals surface area contributed by atoms with Gasteiger partial charge in [-0.25, -0.2) is 0 Å². The summed E-state index contributed by atoms with van der Waals surface area (Å²) in [5.74, 6) is 0.0887. The summed E-state index contributed by atoms with van der Waals surface area (Å²) < 4.78 is 1.66. The SMILES string of the molecule is Cc1n[nH]c(C)c1-c1ccc(NC(=O)[C@@H](NC(=O)c2ccnn2C(C)C)C2CCC(C)CC2)cc1O. The Balaban J connectivity index is 1.55. The van der Waals surface area contributed by atoms with E-state index in [1.54, 1.807) is 29.1 Å². The Morgan fingerprint density at radius 2 is 1.86 bits per heavy atom. The molecular weight excluding hydrogens is 456 g/mol. The number of aromatic amines is 1. The molecule has 1 fully saturated rings. The van der Waals surface area contributed by atoms with Crippen LogP contribution in [0.5, 0.6) is 5.75 Å². The molecule has 2 heterocycles. The molecule has 9 heteroatoms. The number of aryl methyl sites for hydroxylation is 2. The number of carbonyl (C=O) groups is 2. The molecule has 1 atom stereocenters. The number of phenolic OH excluding ortho intramolecular Hbond substituents is 1. The van der Waals surface area contributed by atoms with Gasteiger partial charge in [0, 0.05) is 40.8 Å². The second-order valence-corrected chi connectivity index (χ2v) is 10.3. The molecule has 0 saturated heterocycles. The predicted molar refractivity (Wildman–Crippen MR) is 139 cm³/mol. The van der Waals surface area contributed by atoms with Crippen LogP contribution in [-0.4, -0.2) is 42.9 Å². The van der Waals surface area contributed by atoms with Crippen molar-refractivity contribution >= 4 is 17.5 Å². The third-order valence-electron chi connectivity index (χ3n) is 7.16. The van der Waals surface area contributed by atoms with Crippen molar-refractivity contribution < 1.29 is 14.7 Å². The van der Waals surface area contributed by atoms with Crippen LogP contribution in [0.4, 0.5) is 5.69 Å². The molecule has 4 N–H and O–H groups in total. The first kappa shape index (κ1) is 25.5. The highest BCUT2D eigenvalue weighted by molar-refractivity contribution is 6.01. The van der Waals surface area contributed by atoms with Crippen molar-refractivity contribution in [3.63, 3.8) is 0 Å². The van der Waals surface area contributed by atoms with Crippen LogP contribution in [-0.2, 0) is 4.79 Å². The number of phenols is 1. The van der Waals surface area contributed by atoms with Crippen molar-refractivity contribution in [1.82, 2.24) is 25.3 Å². The number of hydrogen-bond donors (Lipinski definition) is 4. The number of anilines is 1. The molecule has 2 amide bonds. The highest BCUT2D eigenvalue weighted by Crippen LogP contribution is 2.35. The largest absolute Gasteiger partial charge is 0.507 e. The lowest BCUT2D eigenvalue weighted by Gasteiger charge is -2.32. The van der Waals surface area contributed by atoms with Gasteiger partial charge in [-0.3, -0.25) is 19.4 Å². The van der Waals surface area contributed by atoms with E-state index in [0.717, 1.165) is 42.6 Å². The number of benzene rings is 1. The summed E-state index contributed by atoms with van der Waals surface area (Å²) in [6.07, 6.45) is 5.37. The van der Waals surface area contributed by atoms with E-state index in [9.17, 15) is 14.7 Å². The lowest BCUT2D eigenvalue weighted by atomic mass is 9.79. The predicted octanol–water partition coefficient (Wildman–Crippen LogP) is 4.74. The number of H-pyrrole nitrogens is 1. The first-order valence-electron chi connectivity index (χ1n) is 12.7. The average molecular weight is 493 g/mol. The number of rotatable bonds is 7. The zero-order chi connectivity index (χ0) is 26.0. The molecule has 0 unspecified atom stereocenters. The van der Waals surface area contributed by atoms with E-state index in [0.29, 0.717) is 22.9 Å². The first-order chi connectivity index (χ1) is 17.2. The lowest BCUT2D eigenvalue weighted by Crippen LogP contribution is -2.49. The third kappa shape index (κ3) is 5.29. The van der Waals surface area contributed by atoms with Gasteiger partial charge in [-0.15, -0.1) is 0 Å². The number of amides is 2. The molecule has 3 aromatic rings. The second-order valence-electron chi connectivity index (χ2n) is 10.3. The van der Waals surface area contributed by atoms with Crippen LogP contribution in [0.15, 0.2) is 30.5 Å². The maximum absolute atomic E-state index is 13.5. The van der Waals surface area contributed by atoms with E-state index in [2.05, 4.69) is 32.9 Å². The molecule has 9 nitrogen and oxygen atoms in total. The van der Waals surface area contributed by atoms with Crippen molar-refractivity contribution in [3.8, 4) is 16.9 Å². The van der Waals surface area contributed by atoms with Crippen molar-refractivity contribution in [2.75, 3.05) is 5.32 Å². The van der Waals surface area contributed by atoms with Gasteiger partial charge in [0.2, 0.25) is 5.91 Å². The van der Waals surface area contributed by atoms with Gasteiger partial charge in [0.05, 0.1) is 5.69 Å². The topological polar surface area (TPSA) is 125 Å². The van der Waals surface area contributed by atoms with Gasteiger partial charge >= 0.3 is 0 Å². The van der Waals surface area contributed by atoms with Gasteiger partial charge in [0.15, 0.2) is 0 Å². The smallest absolute Gasteiger partial charge is 0.270 e. The van der Waals surface area contributed by atoms with E-state index in [1.807, 2.05) is 27.7 Å². The van der Waals surface area contributed by atoms with Crippen LogP contribution in [0, 0.1) is 25.7 Å². The van der Waals surface area contributed by atoms with Gasteiger partial charge in [-0.1, -0.05) is 19.8 Å². The summed E-state index contributed by atoms with van der Waals surface area (Å²) in [5, 5.41) is 28.0. The number of nitrogens with zero attached hydrogens (tertiary/aromatic N) is 3. The van der Waals surface area contributed by atoms with Crippen LogP contribution in [0.3, 0.4) is 0 Å². The Bertz CT molecular complexity index is 1220. The molecule has 1 aliphatic rings. The summed E-state index contributed by atoms with van der Waals surface area (Å²) in [5.41, 5.74) is 4.03. The highest BCUT2D eigenvalue weighted by atomic mass is 16.3. The molecule has 0 bridgehead atoms. The Hall–Kier alpha value is -3.62. The number of aromatic hydroxyl groups is 1. The highest BCUT2D eigenvalue weighted by Gasteiger charge is 2.33. The van der Waals surface area contributed by atoms with E-state index in [-0.39, 0.29) is 29.5 Å². The number of carbonyl (C=O) groups excluding carboxylic acids is 2. The monoisotopic (exact) mass is 492 g/mol. The Labute approximate surface area is 211 Å². The van der Waals surface area contributed by atoms with Crippen LogP contribution in [0.2, 0.25) is 0 Å². The minimum Gasteiger partial charge on any atom is -0.507 e. The van der Waals surface area contributed by atoms with Crippen LogP contribution in [0.25, 0.3) is 11.1 Å². The minimum atomic E-state index is -0.694. The van der Waals surface area contributed by atoms with Gasteiger partial charge in [0.1, 0.15) is 17.5 Å². The zero-order valence-electron chi connectivity index (χ0n) is 21.6. The Morgan fingerprint density at radius 3 is 2.47 bits per heavy atom. The fourth-order valence-corrected chi connectivity index (χ4v) is 5.13. The maximum Gasteiger partial charge on any atom is 0.270 e. The van der Waals surface area contributed by atoms with Gasteiger partial charge in [0.25, 0.3) is 5.91 Å². The van der Waals surface area contributed by atoms with Crippen molar-refractivity contribution in [2.45, 2.75) is 72.4 Å². The van der Waals surface area contributed by atoms with Crippen molar-refractivity contribution in [2.24, 2.45) is 11.8 Å². The molecule has 1 aromatic carbocycles. The molecule has 4 rings (SSSR count). The number of aromatic nitrogens is 4. The normalized spacial score (nSPS) is 18.7. The Morgan fingerprint density at radius 1 is 1.14 bits per heavy atom. The molecule has 36 heavy (non-hydrogen) atoms. The first-order valence-corrected chi connectivity index (χ1v) is 12.7. The molecule has 1 aliphatic carbocycles. The fourth-order valence-electron chi connectivity index (χ4n) is 5.13. The molecule has 0 spiro atoms. The van der Waals surface area contributed by atoms with Crippen molar-refractivity contribution in [3.05, 3.63) is 47.5 Å². The zero-order valence-corrected chi connectivity index (χ0v) is 21.6. The Kier molecular flexibility index (Phi) is 7.47. The number of nitrogens with one attached hydrogen (secondary N) is 3. The summed E-state index contributed by atoms with van der Waals surface area (Å²) >= 11 is 0. The molecule has 0 radical (unpaired) electrons. The third-order valence-corrected chi connectivity index (χ3v) is 7.16. The van der Waals surface area contributed by atoms with E-state index in [1.165, 1.54) is 6.07 Å². The van der Waals surface area contributed by atoms with Gasteiger partial charge in [-0.05, 0) is 70.6 Å². The van der Waals surface area contributed by atoms with E-state index < -0.39 is 6.04 Å². The van der Waals surface area contributed by atoms with Gasteiger partial charge in [-0.2, -0.15) is 10.2 Å². The van der Waals surface area contributed by atoms with Crippen LogP contribution < -0.4 is 10.6 Å². The van der Waals surface area contributed by atoms with Gasteiger partial charge < -0.3 is 15.7 Å². The molecule has 0 aliphatic heterocycles. The second kappa shape index (κ2) is 10.6. The van der Waals surface area contributed by atoms with Crippen LogP contribution in [0.1, 0.15) is 74.4 Å². The summed E-state index contributed by atoms with van der Waals surface area (Å²) in [6.45, 7) is 9.91. The van der Waals surface area contributed by atoms with Crippen molar-refractivity contribution in [1.29, 1.82) is 0 Å². The average Bonchev–Trinajstić information content (AvgIpc) is 3.45. The molecule has 2 aromatic heterocycles. The summed E-state index contributed by atoms with van der Waals surface area (Å²) in [4.78, 5) is 26.7. The quantitative estimate of drug-likeness (QED) is 0.379. The molecule has 1 saturated carbocycles.